The van der Waals surface area contributed by atoms with Crippen molar-refractivity contribution in [2.75, 3.05) is 0 Å². The minimum Gasteiger partial charge on any atom is -0.310 e. The van der Waals surface area contributed by atoms with E-state index in [-0.39, 0.29) is 0 Å². The Morgan fingerprint density at radius 1 is 1.11 bits per heavy atom. The summed E-state index contributed by atoms with van der Waals surface area (Å²) in [6, 6.07) is 8.89. The van der Waals surface area contributed by atoms with E-state index < -0.39 is 0 Å². The molecule has 2 unspecified atom stereocenters. The monoisotopic (exact) mass is 279 g/mol. The molecule has 0 spiro atoms. The maximum absolute atomic E-state index is 5.91. The normalized spacial score (nSPS) is 24.1. The molecule has 0 radical (unpaired) electrons. The molecule has 0 saturated heterocycles. The summed E-state index contributed by atoms with van der Waals surface area (Å²) in [7, 11) is 0. The van der Waals surface area contributed by atoms with Gasteiger partial charge >= 0.3 is 0 Å². The maximum Gasteiger partial charge on any atom is 0.0406 e. The minimum absolute atomic E-state index is 0.706. The standard InChI is InChI=1S/C17H26ClN/c1-2-4-14-5-3-6-17(12-9-14)19-13-15-7-10-16(18)11-8-15/h7-8,10-11,14,17,19H,2-6,9,12-13H2,1H3. The summed E-state index contributed by atoms with van der Waals surface area (Å²) in [4.78, 5) is 0. The highest BCUT2D eigenvalue weighted by molar-refractivity contribution is 6.30. The summed E-state index contributed by atoms with van der Waals surface area (Å²) in [6.45, 7) is 3.28. The van der Waals surface area contributed by atoms with Gasteiger partial charge in [0.2, 0.25) is 0 Å². The van der Waals surface area contributed by atoms with Gasteiger partial charge in [-0.1, -0.05) is 56.3 Å². The lowest BCUT2D eigenvalue weighted by Gasteiger charge is -2.17. The van der Waals surface area contributed by atoms with Crippen LogP contribution in [0.2, 0.25) is 5.02 Å². The Kier molecular flexibility index (Phi) is 6.19. The molecule has 1 aromatic carbocycles. The molecule has 0 bridgehead atoms. The van der Waals surface area contributed by atoms with E-state index in [2.05, 4.69) is 24.4 Å². The van der Waals surface area contributed by atoms with Crippen molar-refractivity contribution < 1.29 is 0 Å². The van der Waals surface area contributed by atoms with Gasteiger partial charge in [-0.05, 0) is 42.9 Å². The van der Waals surface area contributed by atoms with Gasteiger partial charge in [-0.15, -0.1) is 0 Å². The lowest BCUT2D eigenvalue weighted by Crippen LogP contribution is -2.27. The van der Waals surface area contributed by atoms with Gasteiger partial charge in [-0.3, -0.25) is 0 Å². The highest BCUT2D eigenvalue weighted by Crippen LogP contribution is 2.26. The van der Waals surface area contributed by atoms with E-state index in [9.17, 15) is 0 Å². The molecule has 2 rings (SSSR count). The Labute approximate surface area is 122 Å². The molecule has 2 heteroatoms. The molecule has 19 heavy (non-hydrogen) atoms. The molecule has 0 heterocycles. The van der Waals surface area contributed by atoms with Gasteiger partial charge in [-0.25, -0.2) is 0 Å². The van der Waals surface area contributed by atoms with Crippen LogP contribution in [-0.2, 0) is 6.54 Å². The lowest BCUT2D eigenvalue weighted by atomic mass is 9.95. The fourth-order valence-corrected chi connectivity index (χ4v) is 3.27. The Bertz CT molecular complexity index is 360. The van der Waals surface area contributed by atoms with Crippen molar-refractivity contribution in [1.29, 1.82) is 0 Å². The quantitative estimate of drug-likeness (QED) is 0.733. The number of nitrogens with one attached hydrogen (secondary N) is 1. The van der Waals surface area contributed by atoms with Gasteiger partial charge < -0.3 is 5.32 Å². The number of benzene rings is 1. The summed E-state index contributed by atoms with van der Waals surface area (Å²) < 4.78 is 0. The third-order valence-electron chi connectivity index (χ3n) is 4.29. The van der Waals surface area contributed by atoms with Crippen LogP contribution in [0.1, 0.15) is 57.4 Å². The van der Waals surface area contributed by atoms with Crippen LogP contribution < -0.4 is 5.32 Å². The highest BCUT2D eigenvalue weighted by Gasteiger charge is 2.17. The smallest absolute Gasteiger partial charge is 0.0406 e. The van der Waals surface area contributed by atoms with E-state index in [1.807, 2.05) is 12.1 Å². The first-order valence-electron chi connectivity index (χ1n) is 7.75. The van der Waals surface area contributed by atoms with Crippen molar-refractivity contribution >= 4 is 11.6 Å². The lowest BCUT2D eigenvalue weighted by molar-refractivity contribution is 0.409. The van der Waals surface area contributed by atoms with Crippen molar-refractivity contribution in [2.24, 2.45) is 5.92 Å². The molecule has 2 atom stereocenters. The van der Waals surface area contributed by atoms with Crippen molar-refractivity contribution in [2.45, 2.75) is 64.5 Å². The molecule has 0 aliphatic heterocycles. The zero-order valence-electron chi connectivity index (χ0n) is 12.0. The van der Waals surface area contributed by atoms with E-state index >= 15 is 0 Å². The fraction of sp³-hybridized carbons (Fsp3) is 0.647. The van der Waals surface area contributed by atoms with Crippen LogP contribution in [0.25, 0.3) is 0 Å². The minimum atomic E-state index is 0.706. The zero-order chi connectivity index (χ0) is 13.5. The molecule has 106 valence electrons. The second kappa shape index (κ2) is 7.91. The summed E-state index contributed by atoms with van der Waals surface area (Å²) in [5.41, 5.74) is 1.33. The predicted octanol–water partition coefficient (Wildman–Crippen LogP) is 5.18. The van der Waals surface area contributed by atoms with Crippen molar-refractivity contribution in [3.05, 3.63) is 34.9 Å². The number of halogens is 1. The topological polar surface area (TPSA) is 12.0 Å². The number of hydrogen-bond acceptors (Lipinski definition) is 1. The van der Waals surface area contributed by atoms with Crippen LogP contribution in [0.3, 0.4) is 0 Å². The van der Waals surface area contributed by atoms with E-state index in [1.54, 1.807) is 0 Å². The van der Waals surface area contributed by atoms with Crippen LogP contribution in [0.5, 0.6) is 0 Å². The average Bonchev–Trinajstić information content (AvgIpc) is 2.64. The summed E-state index contributed by atoms with van der Waals surface area (Å²) in [5, 5.41) is 4.54. The van der Waals surface area contributed by atoms with Crippen LogP contribution in [0.4, 0.5) is 0 Å². The second-order valence-corrected chi connectivity index (χ2v) is 6.30. The van der Waals surface area contributed by atoms with Gasteiger partial charge in [0.25, 0.3) is 0 Å². The Hall–Kier alpha value is -0.530. The Morgan fingerprint density at radius 3 is 2.63 bits per heavy atom. The molecule has 1 aliphatic carbocycles. The van der Waals surface area contributed by atoms with Gasteiger partial charge in [0.05, 0.1) is 0 Å². The fourth-order valence-electron chi connectivity index (χ4n) is 3.14. The molecule has 1 aliphatic rings. The van der Waals surface area contributed by atoms with Gasteiger partial charge in [-0.2, -0.15) is 0 Å². The van der Waals surface area contributed by atoms with Crippen molar-refractivity contribution in [1.82, 2.24) is 5.32 Å². The van der Waals surface area contributed by atoms with Crippen molar-refractivity contribution in [3.8, 4) is 0 Å². The maximum atomic E-state index is 5.91. The molecule has 1 aromatic rings. The number of rotatable bonds is 5. The van der Waals surface area contributed by atoms with Crippen LogP contribution in [0, 0.1) is 5.92 Å². The van der Waals surface area contributed by atoms with Crippen molar-refractivity contribution in [3.63, 3.8) is 0 Å². The highest BCUT2D eigenvalue weighted by atomic mass is 35.5. The molecule has 1 N–H and O–H groups in total. The van der Waals surface area contributed by atoms with E-state index in [0.717, 1.165) is 17.5 Å². The van der Waals surface area contributed by atoms with E-state index in [0.29, 0.717) is 6.04 Å². The molecular formula is C17H26ClN. The molecule has 0 aromatic heterocycles. The number of hydrogen-bond donors (Lipinski definition) is 1. The van der Waals surface area contributed by atoms with E-state index in [1.165, 1.54) is 50.5 Å². The van der Waals surface area contributed by atoms with Gasteiger partial charge in [0, 0.05) is 17.6 Å². The Morgan fingerprint density at radius 2 is 1.89 bits per heavy atom. The van der Waals surface area contributed by atoms with E-state index in [4.69, 9.17) is 11.6 Å². The van der Waals surface area contributed by atoms with Gasteiger partial charge in [0.15, 0.2) is 0 Å². The Balaban J connectivity index is 1.75. The molecule has 1 saturated carbocycles. The molecule has 0 amide bonds. The van der Waals surface area contributed by atoms with Crippen LogP contribution in [-0.4, -0.2) is 6.04 Å². The zero-order valence-corrected chi connectivity index (χ0v) is 12.8. The summed E-state index contributed by atoms with van der Waals surface area (Å²) in [6.07, 6.45) is 9.69. The molecule has 1 fully saturated rings. The SMILES string of the molecule is CCCC1CCCC(NCc2ccc(Cl)cc2)CC1. The first kappa shape index (κ1) is 14.9. The average molecular weight is 280 g/mol. The van der Waals surface area contributed by atoms with Crippen LogP contribution in [0.15, 0.2) is 24.3 Å². The summed E-state index contributed by atoms with van der Waals surface area (Å²) in [5.74, 6) is 0.979. The third-order valence-corrected chi connectivity index (χ3v) is 4.55. The largest absolute Gasteiger partial charge is 0.310 e. The molecule has 1 nitrogen and oxygen atoms in total. The molecular weight excluding hydrogens is 254 g/mol. The first-order valence-corrected chi connectivity index (χ1v) is 8.13. The van der Waals surface area contributed by atoms with Gasteiger partial charge in [0.1, 0.15) is 0 Å². The first-order chi connectivity index (χ1) is 9.28. The third kappa shape index (κ3) is 5.16. The summed E-state index contributed by atoms with van der Waals surface area (Å²) >= 11 is 5.91. The van der Waals surface area contributed by atoms with Crippen LogP contribution >= 0.6 is 11.6 Å². The predicted molar refractivity (Wildman–Crippen MR) is 83.6 cm³/mol. The second-order valence-electron chi connectivity index (χ2n) is 5.87.